The van der Waals surface area contributed by atoms with Crippen molar-refractivity contribution in [3.63, 3.8) is 0 Å². The molecule has 12 heavy (non-hydrogen) atoms. The Labute approximate surface area is 67.9 Å². The fourth-order valence-electron chi connectivity index (χ4n) is 0.784. The van der Waals surface area contributed by atoms with Crippen molar-refractivity contribution in [1.29, 1.82) is 5.26 Å². The van der Waals surface area contributed by atoms with Crippen LogP contribution in [0.25, 0.3) is 0 Å². The summed E-state index contributed by atoms with van der Waals surface area (Å²) in [4.78, 5) is 21.8. The fraction of sp³-hybridized carbons (Fsp3) is 0.286. The second kappa shape index (κ2) is 3.05. The molecule has 0 aliphatic carbocycles. The smallest absolute Gasteiger partial charge is 0.266 e. The van der Waals surface area contributed by atoms with Gasteiger partial charge in [-0.2, -0.15) is 5.26 Å². The fourth-order valence-corrected chi connectivity index (χ4v) is 0.784. The van der Waals surface area contributed by atoms with E-state index in [-0.39, 0.29) is 5.56 Å². The van der Waals surface area contributed by atoms with Gasteiger partial charge in [-0.15, -0.1) is 0 Å². The second-order valence-corrected chi connectivity index (χ2v) is 2.32. The normalized spacial score (nSPS) is 12.0. The Morgan fingerprint density at radius 1 is 1.58 bits per heavy atom. The van der Waals surface area contributed by atoms with Crippen LogP contribution >= 0.6 is 0 Å². The molecule has 0 spiro atoms. The Hall–Kier alpha value is -1.83. The van der Waals surface area contributed by atoms with Crippen LogP contribution in [0.5, 0.6) is 0 Å². The minimum atomic E-state index is -0.647. The molecule has 0 aliphatic rings. The number of nitrogens with one attached hydrogen (secondary N) is 1. The highest BCUT2D eigenvalue weighted by Gasteiger charge is 2.03. The summed E-state index contributed by atoms with van der Waals surface area (Å²) in [5, 5.41) is 10.7. The van der Waals surface area contributed by atoms with Gasteiger partial charge in [0.1, 0.15) is 6.04 Å². The van der Waals surface area contributed by atoms with Crippen molar-refractivity contribution in [3.8, 4) is 6.07 Å². The third-order valence-electron chi connectivity index (χ3n) is 1.42. The van der Waals surface area contributed by atoms with Crippen LogP contribution in [-0.4, -0.2) is 9.78 Å². The second-order valence-electron chi connectivity index (χ2n) is 2.32. The largest absolute Gasteiger partial charge is 0.268 e. The lowest BCUT2D eigenvalue weighted by Crippen LogP contribution is -2.29. The summed E-state index contributed by atoms with van der Waals surface area (Å²) >= 11 is 0. The van der Waals surface area contributed by atoms with Gasteiger partial charge in [-0.3, -0.25) is 14.7 Å². The van der Waals surface area contributed by atoms with Gasteiger partial charge in [0, 0.05) is 12.1 Å². The van der Waals surface area contributed by atoms with E-state index in [1.807, 2.05) is 6.07 Å². The number of nitrogens with zero attached hydrogens (tertiary/aromatic N) is 2. The summed E-state index contributed by atoms with van der Waals surface area (Å²) in [6, 6.07) is 3.45. The quantitative estimate of drug-likeness (QED) is 0.616. The summed E-state index contributed by atoms with van der Waals surface area (Å²) < 4.78 is 0.988. The maximum atomic E-state index is 11.0. The van der Waals surface area contributed by atoms with Crippen LogP contribution in [0.4, 0.5) is 0 Å². The van der Waals surface area contributed by atoms with E-state index in [0.29, 0.717) is 0 Å². The molecule has 1 atom stereocenters. The molecular formula is C7H7N3O2. The monoisotopic (exact) mass is 165 g/mol. The summed E-state index contributed by atoms with van der Waals surface area (Å²) in [5.74, 6) is 0. The molecule has 0 amide bonds. The number of hydrogen-bond donors (Lipinski definition) is 1. The topological polar surface area (TPSA) is 78.7 Å². The van der Waals surface area contributed by atoms with Gasteiger partial charge in [-0.05, 0) is 6.92 Å². The maximum Gasteiger partial charge on any atom is 0.266 e. The van der Waals surface area contributed by atoms with E-state index >= 15 is 0 Å². The van der Waals surface area contributed by atoms with Crippen molar-refractivity contribution < 1.29 is 0 Å². The van der Waals surface area contributed by atoms with Crippen LogP contribution < -0.4 is 11.1 Å². The SMILES string of the molecule is CC(C#N)n1[nH]c(=O)ccc1=O. The van der Waals surface area contributed by atoms with E-state index in [2.05, 4.69) is 5.10 Å². The van der Waals surface area contributed by atoms with E-state index in [4.69, 9.17) is 5.26 Å². The Morgan fingerprint density at radius 3 is 2.83 bits per heavy atom. The van der Waals surface area contributed by atoms with Gasteiger partial charge in [-0.25, -0.2) is 4.68 Å². The van der Waals surface area contributed by atoms with Crippen LogP contribution in [0.1, 0.15) is 13.0 Å². The Morgan fingerprint density at radius 2 is 2.25 bits per heavy atom. The van der Waals surface area contributed by atoms with Crippen molar-refractivity contribution in [1.82, 2.24) is 9.78 Å². The molecule has 1 aromatic heterocycles. The molecule has 1 aromatic rings. The molecule has 0 saturated carbocycles. The van der Waals surface area contributed by atoms with Crippen molar-refractivity contribution >= 4 is 0 Å². The zero-order valence-electron chi connectivity index (χ0n) is 6.44. The number of hydrogen-bond acceptors (Lipinski definition) is 3. The standard InChI is InChI=1S/C7H7N3O2/c1-5(4-8)10-7(12)3-2-6(11)9-10/h2-3,5H,1H3,(H,9,11). The predicted molar refractivity (Wildman–Crippen MR) is 41.6 cm³/mol. The molecule has 1 heterocycles. The highest BCUT2D eigenvalue weighted by Crippen LogP contribution is 1.92. The Bertz CT molecular complexity index is 423. The van der Waals surface area contributed by atoms with Gasteiger partial charge >= 0.3 is 0 Å². The number of nitriles is 1. The zero-order valence-corrected chi connectivity index (χ0v) is 6.44. The van der Waals surface area contributed by atoms with Crippen LogP contribution in [0.2, 0.25) is 0 Å². The van der Waals surface area contributed by atoms with Crippen molar-refractivity contribution in [2.45, 2.75) is 13.0 Å². The number of rotatable bonds is 1. The van der Waals surface area contributed by atoms with Gasteiger partial charge in [-0.1, -0.05) is 0 Å². The summed E-state index contributed by atoms with van der Waals surface area (Å²) in [5.41, 5.74) is -0.777. The van der Waals surface area contributed by atoms with Gasteiger partial charge in [0.05, 0.1) is 6.07 Å². The van der Waals surface area contributed by atoms with E-state index < -0.39 is 11.6 Å². The van der Waals surface area contributed by atoms with E-state index in [1.54, 1.807) is 0 Å². The van der Waals surface area contributed by atoms with Crippen LogP contribution in [-0.2, 0) is 0 Å². The molecule has 62 valence electrons. The molecule has 0 aliphatic heterocycles. The lowest BCUT2D eigenvalue weighted by atomic mass is 10.4. The number of H-pyrrole nitrogens is 1. The Balaban J connectivity index is 3.35. The Kier molecular flexibility index (Phi) is 2.10. The summed E-state index contributed by atoms with van der Waals surface area (Å²) in [6.07, 6.45) is 0. The first-order valence-electron chi connectivity index (χ1n) is 3.36. The molecule has 5 nitrogen and oxygen atoms in total. The van der Waals surface area contributed by atoms with Crippen LogP contribution in [0.3, 0.4) is 0 Å². The van der Waals surface area contributed by atoms with Crippen LogP contribution in [0, 0.1) is 11.3 Å². The molecule has 0 saturated heterocycles. The van der Waals surface area contributed by atoms with E-state index in [0.717, 1.165) is 16.8 Å². The number of aromatic amines is 1. The highest BCUT2D eigenvalue weighted by atomic mass is 16.1. The summed E-state index contributed by atoms with van der Waals surface area (Å²) in [7, 11) is 0. The van der Waals surface area contributed by atoms with Gasteiger partial charge in [0.2, 0.25) is 0 Å². The molecule has 1 N–H and O–H groups in total. The molecule has 5 heteroatoms. The highest BCUT2D eigenvalue weighted by molar-refractivity contribution is 4.92. The average molecular weight is 165 g/mol. The molecule has 0 fully saturated rings. The lowest BCUT2D eigenvalue weighted by molar-refractivity contribution is 0.547. The third kappa shape index (κ3) is 1.42. The number of aromatic nitrogens is 2. The van der Waals surface area contributed by atoms with E-state index in [9.17, 15) is 9.59 Å². The minimum absolute atomic E-state index is 0.386. The lowest BCUT2D eigenvalue weighted by Gasteiger charge is -2.04. The van der Waals surface area contributed by atoms with Crippen molar-refractivity contribution in [2.75, 3.05) is 0 Å². The maximum absolute atomic E-state index is 11.0. The van der Waals surface area contributed by atoms with Gasteiger partial charge in [0.25, 0.3) is 11.1 Å². The molecular weight excluding hydrogens is 158 g/mol. The molecule has 1 rings (SSSR count). The molecule has 0 aromatic carbocycles. The van der Waals surface area contributed by atoms with Crippen molar-refractivity contribution in [3.05, 3.63) is 32.8 Å². The zero-order chi connectivity index (χ0) is 9.14. The first kappa shape index (κ1) is 8.27. The molecule has 0 radical (unpaired) electrons. The summed E-state index contributed by atoms with van der Waals surface area (Å²) in [6.45, 7) is 1.53. The first-order valence-corrected chi connectivity index (χ1v) is 3.36. The van der Waals surface area contributed by atoms with Crippen molar-refractivity contribution in [2.24, 2.45) is 0 Å². The molecule has 0 bridgehead atoms. The van der Waals surface area contributed by atoms with Crippen LogP contribution in [0.15, 0.2) is 21.7 Å². The minimum Gasteiger partial charge on any atom is -0.268 e. The average Bonchev–Trinajstić information content (AvgIpc) is 2.08. The first-order chi connectivity index (χ1) is 5.65. The predicted octanol–water partition coefficient (Wildman–Crippen LogP) is -0.379. The third-order valence-corrected chi connectivity index (χ3v) is 1.42. The van der Waals surface area contributed by atoms with Gasteiger partial charge < -0.3 is 0 Å². The molecule has 1 unspecified atom stereocenters. The van der Waals surface area contributed by atoms with Gasteiger partial charge in [0.15, 0.2) is 0 Å². The van der Waals surface area contributed by atoms with E-state index in [1.165, 1.54) is 6.92 Å².